The first-order valence-corrected chi connectivity index (χ1v) is 13.4. The lowest BCUT2D eigenvalue weighted by Crippen LogP contribution is -2.52. The number of hydrogen-bond acceptors (Lipinski definition) is 4. The largest absolute Gasteiger partial charge is 0.495 e. The molecule has 3 fully saturated rings. The van der Waals surface area contributed by atoms with Crippen LogP contribution >= 0.6 is 15.9 Å². The van der Waals surface area contributed by atoms with Crippen molar-refractivity contribution in [2.75, 3.05) is 40.0 Å². The number of hydrogen-bond donors (Lipinski definition) is 1. The van der Waals surface area contributed by atoms with Crippen LogP contribution in [0.2, 0.25) is 0 Å². The normalized spacial score (nSPS) is 28.5. The van der Waals surface area contributed by atoms with Gasteiger partial charge in [0.2, 0.25) is 0 Å². The lowest BCUT2D eigenvalue weighted by atomic mass is 9.68. The van der Waals surface area contributed by atoms with Gasteiger partial charge < -0.3 is 19.4 Å². The molecule has 34 heavy (non-hydrogen) atoms. The Morgan fingerprint density at radius 1 is 1.24 bits per heavy atom. The van der Waals surface area contributed by atoms with Crippen molar-refractivity contribution < 1.29 is 14.3 Å². The van der Waals surface area contributed by atoms with Crippen LogP contribution in [0.15, 0.2) is 16.6 Å². The number of carbonyl (C=O) groups is 1. The van der Waals surface area contributed by atoms with E-state index in [0.29, 0.717) is 5.92 Å². The summed E-state index contributed by atoms with van der Waals surface area (Å²) in [7, 11) is 1.70. The van der Waals surface area contributed by atoms with Crippen molar-refractivity contribution in [1.29, 1.82) is 0 Å². The van der Waals surface area contributed by atoms with Gasteiger partial charge in [-0.15, -0.1) is 0 Å². The molecule has 0 spiro atoms. The molecule has 1 aromatic carbocycles. The number of carbonyl (C=O) groups excluding carboxylic acids is 1. The van der Waals surface area contributed by atoms with Gasteiger partial charge in [-0.3, -0.25) is 9.69 Å². The second-order valence-electron chi connectivity index (χ2n) is 11.4. The fourth-order valence-electron chi connectivity index (χ4n) is 7.19. The third-order valence-electron chi connectivity index (χ3n) is 9.11. The highest BCUT2D eigenvalue weighted by Crippen LogP contribution is 2.62. The van der Waals surface area contributed by atoms with Crippen molar-refractivity contribution >= 4 is 32.7 Å². The lowest BCUT2D eigenvalue weighted by molar-refractivity contribution is 0.0365. The summed E-state index contributed by atoms with van der Waals surface area (Å²) in [5, 5.41) is 4.48. The summed E-state index contributed by atoms with van der Waals surface area (Å²) in [4.78, 5) is 16.4. The molecule has 2 aromatic rings. The van der Waals surface area contributed by atoms with E-state index in [1.54, 1.807) is 7.11 Å². The van der Waals surface area contributed by atoms with E-state index >= 15 is 0 Å². The van der Waals surface area contributed by atoms with E-state index in [4.69, 9.17) is 9.47 Å². The minimum atomic E-state index is 0.0356. The number of nitrogens with zero attached hydrogens (tertiary/aromatic N) is 2. The molecular weight excluding hydrogens is 494 g/mol. The molecule has 2 saturated carbocycles. The fraction of sp³-hybridized carbons (Fsp3) is 0.667. The zero-order valence-electron chi connectivity index (χ0n) is 21.2. The second-order valence-corrected chi connectivity index (χ2v) is 12.2. The van der Waals surface area contributed by atoms with E-state index in [1.807, 2.05) is 12.1 Å². The summed E-state index contributed by atoms with van der Waals surface area (Å²) < 4.78 is 14.5. The van der Waals surface area contributed by atoms with Gasteiger partial charge in [-0.2, -0.15) is 0 Å². The average Bonchev–Trinajstić information content (AvgIpc) is 3.41. The number of amides is 1. The first kappa shape index (κ1) is 24.1. The molecule has 7 heteroatoms. The molecule has 5 rings (SSSR count). The molecule has 1 aromatic heterocycles. The Morgan fingerprint density at radius 2 is 1.97 bits per heavy atom. The van der Waals surface area contributed by atoms with Gasteiger partial charge in [-0.05, 0) is 55.1 Å². The number of aromatic nitrogens is 1. The first-order valence-electron chi connectivity index (χ1n) is 12.6. The summed E-state index contributed by atoms with van der Waals surface area (Å²) in [6.07, 6.45) is 3.69. The van der Waals surface area contributed by atoms with Crippen LogP contribution in [0.3, 0.4) is 0 Å². The zero-order valence-corrected chi connectivity index (χ0v) is 22.8. The Hall–Kier alpha value is -1.57. The van der Waals surface area contributed by atoms with Gasteiger partial charge in [0.15, 0.2) is 0 Å². The molecule has 1 saturated heterocycles. The standard InChI is InChI=1S/C27H38BrN3O3/c1-17-21(24(32)29-25-26(2,3)18-8-9-27(25,4)16-18)22-19(28)6-7-20(33-5)23(22)31(17)11-10-30-12-14-34-15-13-30/h6-7,18,25H,8-16H2,1-5H3,(H,29,32)/t18-,25-,27+/m1/s1. The first-order chi connectivity index (χ1) is 16.2. The minimum absolute atomic E-state index is 0.0356. The van der Waals surface area contributed by atoms with Crippen molar-refractivity contribution in [1.82, 2.24) is 14.8 Å². The maximum Gasteiger partial charge on any atom is 0.254 e. The molecule has 2 heterocycles. The highest BCUT2D eigenvalue weighted by atomic mass is 79.9. The van der Waals surface area contributed by atoms with Crippen molar-refractivity contribution in [2.45, 2.75) is 59.5 Å². The Balaban J connectivity index is 1.53. The molecule has 0 unspecified atom stereocenters. The smallest absolute Gasteiger partial charge is 0.254 e. The van der Waals surface area contributed by atoms with Gasteiger partial charge in [-0.1, -0.05) is 36.7 Å². The van der Waals surface area contributed by atoms with E-state index in [0.717, 1.165) is 71.8 Å². The van der Waals surface area contributed by atoms with Crippen LogP contribution < -0.4 is 10.1 Å². The Bertz CT molecular complexity index is 1100. The average molecular weight is 533 g/mol. The number of ether oxygens (including phenoxy) is 2. The molecule has 3 atom stereocenters. The van der Waals surface area contributed by atoms with Crippen molar-refractivity contribution in [2.24, 2.45) is 16.7 Å². The van der Waals surface area contributed by atoms with Gasteiger partial charge in [0.25, 0.3) is 5.91 Å². The number of halogens is 1. The number of rotatable bonds is 6. The Labute approximate surface area is 211 Å². The topological polar surface area (TPSA) is 55.7 Å². The van der Waals surface area contributed by atoms with Crippen molar-refractivity contribution in [3.8, 4) is 5.75 Å². The highest BCUT2D eigenvalue weighted by molar-refractivity contribution is 9.10. The molecule has 1 aliphatic heterocycles. The number of nitrogens with one attached hydrogen (secondary N) is 1. The molecule has 3 aliphatic rings. The summed E-state index contributed by atoms with van der Waals surface area (Å²) in [5.41, 5.74) is 3.05. The van der Waals surface area contributed by atoms with Gasteiger partial charge in [-0.25, -0.2) is 0 Å². The van der Waals surface area contributed by atoms with Gasteiger partial charge in [0.05, 0.1) is 31.4 Å². The van der Waals surface area contributed by atoms with Gasteiger partial charge in [0, 0.05) is 47.8 Å². The summed E-state index contributed by atoms with van der Waals surface area (Å²) >= 11 is 3.76. The molecule has 2 aliphatic carbocycles. The minimum Gasteiger partial charge on any atom is -0.495 e. The third kappa shape index (κ3) is 3.79. The lowest BCUT2D eigenvalue weighted by Gasteiger charge is -2.43. The van der Waals surface area contributed by atoms with Crippen LogP contribution in [0.1, 0.15) is 56.1 Å². The van der Waals surface area contributed by atoms with Gasteiger partial charge in [0.1, 0.15) is 5.75 Å². The zero-order chi connectivity index (χ0) is 24.3. The molecule has 1 N–H and O–H groups in total. The predicted octanol–water partition coefficient (Wildman–Crippen LogP) is 5.00. The van der Waals surface area contributed by atoms with Crippen molar-refractivity contribution in [3.05, 3.63) is 27.9 Å². The van der Waals surface area contributed by atoms with Crippen LogP contribution in [0.25, 0.3) is 10.9 Å². The van der Waals surface area contributed by atoms with Crippen LogP contribution in [-0.2, 0) is 11.3 Å². The predicted molar refractivity (Wildman–Crippen MR) is 139 cm³/mol. The van der Waals surface area contributed by atoms with Crippen molar-refractivity contribution in [3.63, 3.8) is 0 Å². The summed E-state index contributed by atoms with van der Waals surface area (Å²) in [6.45, 7) is 14.3. The maximum absolute atomic E-state index is 14.0. The summed E-state index contributed by atoms with van der Waals surface area (Å²) in [6, 6.07) is 4.16. The number of morpholine rings is 1. The Kier molecular flexibility index (Phi) is 6.26. The quantitative estimate of drug-likeness (QED) is 0.569. The maximum atomic E-state index is 14.0. The Morgan fingerprint density at radius 3 is 2.62 bits per heavy atom. The monoisotopic (exact) mass is 531 g/mol. The van der Waals surface area contributed by atoms with Crippen LogP contribution in [-0.4, -0.2) is 61.4 Å². The molecule has 0 radical (unpaired) electrons. The molecule has 1 amide bonds. The second kappa shape index (κ2) is 8.82. The van der Waals surface area contributed by atoms with Crippen LogP contribution in [0, 0.1) is 23.7 Å². The van der Waals surface area contributed by atoms with E-state index < -0.39 is 0 Å². The van der Waals surface area contributed by atoms with E-state index in [-0.39, 0.29) is 22.8 Å². The SMILES string of the molecule is COc1ccc(Br)c2c(C(=O)N[C@@H]3C(C)(C)[C@@H]4CC[C@@]3(C)C4)c(C)n(CCN3CCOCC3)c12. The number of methoxy groups -OCH3 is 1. The summed E-state index contributed by atoms with van der Waals surface area (Å²) in [5.74, 6) is 1.52. The molecular formula is C27H38BrN3O3. The van der Waals surface area contributed by atoms with E-state index in [2.05, 4.69) is 58.4 Å². The number of benzene rings is 1. The van der Waals surface area contributed by atoms with E-state index in [1.165, 1.54) is 19.3 Å². The van der Waals surface area contributed by atoms with Crippen LogP contribution in [0.4, 0.5) is 0 Å². The van der Waals surface area contributed by atoms with E-state index in [9.17, 15) is 4.79 Å². The number of fused-ring (bicyclic) bond motifs is 3. The fourth-order valence-corrected chi connectivity index (χ4v) is 7.71. The van der Waals surface area contributed by atoms with Crippen LogP contribution in [0.5, 0.6) is 5.75 Å². The molecule has 2 bridgehead atoms. The molecule has 186 valence electrons. The third-order valence-corrected chi connectivity index (χ3v) is 9.77. The van der Waals surface area contributed by atoms with Gasteiger partial charge >= 0.3 is 0 Å². The molecule has 6 nitrogen and oxygen atoms in total. The highest BCUT2D eigenvalue weighted by Gasteiger charge is 2.59.